The lowest BCUT2D eigenvalue weighted by molar-refractivity contribution is -0.159. The number of carbonyl (C=O) groups is 1. The van der Waals surface area contributed by atoms with Crippen LogP contribution in [0.1, 0.15) is 32.3 Å². The number of hydrogen-bond donors (Lipinski definition) is 0. The van der Waals surface area contributed by atoms with Gasteiger partial charge in [-0.05, 0) is 32.3 Å². The van der Waals surface area contributed by atoms with Crippen molar-refractivity contribution in [2.24, 2.45) is 5.92 Å². The van der Waals surface area contributed by atoms with Crippen LogP contribution >= 0.6 is 0 Å². The number of morpholine rings is 1. The first-order valence-corrected chi connectivity index (χ1v) is 11.4. The fourth-order valence-corrected chi connectivity index (χ4v) is 4.82. The molecule has 2 fully saturated rings. The number of ether oxygens (including phenoxy) is 1. The van der Waals surface area contributed by atoms with Crippen molar-refractivity contribution in [2.45, 2.75) is 44.8 Å². The molecular formula is C20H30N2O4S. The van der Waals surface area contributed by atoms with Gasteiger partial charge in [-0.1, -0.05) is 30.3 Å². The molecule has 2 aliphatic rings. The summed E-state index contributed by atoms with van der Waals surface area (Å²) < 4.78 is 30.9. The maximum atomic E-state index is 13.2. The van der Waals surface area contributed by atoms with E-state index in [-0.39, 0.29) is 23.5 Å². The average molecular weight is 395 g/mol. The maximum absolute atomic E-state index is 13.2. The van der Waals surface area contributed by atoms with Crippen molar-refractivity contribution in [2.75, 3.05) is 32.5 Å². The molecule has 2 heterocycles. The second kappa shape index (κ2) is 7.89. The predicted molar refractivity (Wildman–Crippen MR) is 105 cm³/mol. The van der Waals surface area contributed by atoms with Crippen molar-refractivity contribution >= 4 is 15.9 Å². The zero-order valence-electron chi connectivity index (χ0n) is 16.4. The summed E-state index contributed by atoms with van der Waals surface area (Å²) in [7, 11) is -3.18. The molecule has 7 heteroatoms. The van der Waals surface area contributed by atoms with Crippen molar-refractivity contribution < 1.29 is 17.9 Å². The SMILES string of the molecule is CC1(C)COC(Cc2ccccc2)CN1C(=O)C1CCN(S(C)(=O)=O)CC1. The van der Waals surface area contributed by atoms with Crippen LogP contribution in [0, 0.1) is 5.92 Å². The Balaban J connectivity index is 1.65. The van der Waals surface area contributed by atoms with Crippen LogP contribution in [0.2, 0.25) is 0 Å². The summed E-state index contributed by atoms with van der Waals surface area (Å²) in [5, 5.41) is 0. The Kier molecular flexibility index (Phi) is 5.93. The summed E-state index contributed by atoms with van der Waals surface area (Å²) in [5.41, 5.74) is 0.856. The Hall–Kier alpha value is -1.44. The van der Waals surface area contributed by atoms with Gasteiger partial charge in [-0.3, -0.25) is 4.79 Å². The molecule has 1 aromatic carbocycles. The summed E-state index contributed by atoms with van der Waals surface area (Å²) in [5.74, 6) is 0.0206. The number of hydrogen-bond acceptors (Lipinski definition) is 4. The molecule has 0 bridgehead atoms. The molecule has 0 radical (unpaired) electrons. The topological polar surface area (TPSA) is 66.9 Å². The molecule has 2 saturated heterocycles. The van der Waals surface area contributed by atoms with Gasteiger partial charge in [0.25, 0.3) is 0 Å². The van der Waals surface area contributed by atoms with Crippen LogP contribution in [-0.2, 0) is 26.0 Å². The van der Waals surface area contributed by atoms with Crippen LogP contribution in [0.3, 0.4) is 0 Å². The quantitative estimate of drug-likeness (QED) is 0.782. The van der Waals surface area contributed by atoms with E-state index in [9.17, 15) is 13.2 Å². The van der Waals surface area contributed by atoms with Gasteiger partial charge in [0.05, 0.1) is 24.5 Å². The van der Waals surface area contributed by atoms with Crippen LogP contribution < -0.4 is 0 Å². The van der Waals surface area contributed by atoms with Gasteiger partial charge in [-0.2, -0.15) is 0 Å². The third-order valence-corrected chi connectivity index (χ3v) is 6.94. The third kappa shape index (κ3) is 4.89. The lowest BCUT2D eigenvalue weighted by Gasteiger charge is -2.47. The van der Waals surface area contributed by atoms with Crippen molar-refractivity contribution in [3.05, 3.63) is 35.9 Å². The highest BCUT2D eigenvalue weighted by Gasteiger charge is 2.41. The highest BCUT2D eigenvalue weighted by molar-refractivity contribution is 7.88. The zero-order valence-corrected chi connectivity index (χ0v) is 17.2. The Bertz CT molecular complexity index is 755. The van der Waals surface area contributed by atoms with Crippen LogP contribution in [0.15, 0.2) is 30.3 Å². The molecule has 3 rings (SSSR count). The molecule has 1 unspecified atom stereocenters. The maximum Gasteiger partial charge on any atom is 0.226 e. The van der Waals surface area contributed by atoms with E-state index in [0.717, 1.165) is 6.42 Å². The number of amides is 1. The molecule has 0 aromatic heterocycles. The minimum atomic E-state index is -3.18. The molecule has 1 atom stereocenters. The monoisotopic (exact) mass is 394 g/mol. The van der Waals surface area contributed by atoms with Gasteiger partial charge in [0.1, 0.15) is 0 Å². The van der Waals surface area contributed by atoms with Crippen molar-refractivity contribution in [3.63, 3.8) is 0 Å². The van der Waals surface area contributed by atoms with E-state index in [0.29, 0.717) is 39.1 Å². The van der Waals surface area contributed by atoms with E-state index in [1.54, 1.807) is 0 Å². The molecule has 150 valence electrons. The first-order valence-electron chi connectivity index (χ1n) is 9.59. The fourth-order valence-electron chi connectivity index (χ4n) is 3.95. The number of rotatable bonds is 4. The van der Waals surface area contributed by atoms with E-state index in [1.807, 2.05) is 36.9 Å². The minimum Gasteiger partial charge on any atom is -0.374 e. The molecule has 0 N–H and O–H groups in total. The minimum absolute atomic E-state index is 0.0134. The van der Waals surface area contributed by atoms with Crippen molar-refractivity contribution in [1.82, 2.24) is 9.21 Å². The van der Waals surface area contributed by atoms with E-state index in [4.69, 9.17) is 4.74 Å². The van der Waals surface area contributed by atoms with Gasteiger partial charge < -0.3 is 9.64 Å². The molecule has 2 aliphatic heterocycles. The second-order valence-corrected chi connectivity index (χ2v) is 10.3. The van der Waals surface area contributed by atoms with Crippen LogP contribution in [0.25, 0.3) is 0 Å². The lowest BCUT2D eigenvalue weighted by atomic mass is 9.91. The Morgan fingerprint density at radius 1 is 1.19 bits per heavy atom. The summed E-state index contributed by atoms with van der Waals surface area (Å²) in [6, 6.07) is 10.2. The Morgan fingerprint density at radius 3 is 2.41 bits per heavy atom. The van der Waals surface area contributed by atoms with Crippen LogP contribution in [0.5, 0.6) is 0 Å². The molecule has 6 nitrogen and oxygen atoms in total. The van der Waals surface area contributed by atoms with Gasteiger partial charge in [-0.15, -0.1) is 0 Å². The summed E-state index contributed by atoms with van der Waals surface area (Å²) in [6.45, 7) is 6.01. The number of piperidine rings is 1. The van der Waals surface area contributed by atoms with Crippen molar-refractivity contribution in [3.8, 4) is 0 Å². The Morgan fingerprint density at radius 2 is 1.81 bits per heavy atom. The van der Waals surface area contributed by atoms with E-state index < -0.39 is 10.0 Å². The summed E-state index contributed by atoms with van der Waals surface area (Å²) in [6.07, 6.45) is 3.17. The van der Waals surface area contributed by atoms with Crippen molar-refractivity contribution in [1.29, 1.82) is 0 Å². The lowest BCUT2D eigenvalue weighted by Crippen LogP contribution is -2.60. The number of nitrogens with zero attached hydrogens (tertiary/aromatic N) is 2. The largest absolute Gasteiger partial charge is 0.374 e. The normalized spacial score (nSPS) is 24.7. The number of carbonyl (C=O) groups excluding carboxylic acids is 1. The third-order valence-electron chi connectivity index (χ3n) is 5.63. The van der Waals surface area contributed by atoms with Gasteiger partial charge in [0.2, 0.25) is 15.9 Å². The molecule has 0 saturated carbocycles. The second-order valence-electron chi connectivity index (χ2n) is 8.32. The molecule has 1 aromatic rings. The molecular weight excluding hydrogens is 364 g/mol. The van der Waals surface area contributed by atoms with E-state index in [1.165, 1.54) is 16.1 Å². The smallest absolute Gasteiger partial charge is 0.226 e. The summed E-state index contributed by atoms with van der Waals surface area (Å²) in [4.78, 5) is 15.2. The number of benzene rings is 1. The van der Waals surface area contributed by atoms with Gasteiger partial charge in [0, 0.05) is 32.0 Å². The molecule has 0 aliphatic carbocycles. The van der Waals surface area contributed by atoms with Gasteiger partial charge >= 0.3 is 0 Å². The average Bonchev–Trinajstić information content (AvgIpc) is 2.63. The summed E-state index contributed by atoms with van der Waals surface area (Å²) >= 11 is 0. The van der Waals surface area contributed by atoms with Gasteiger partial charge in [0.15, 0.2) is 0 Å². The highest BCUT2D eigenvalue weighted by Crippen LogP contribution is 2.29. The Labute approximate surface area is 162 Å². The molecule has 27 heavy (non-hydrogen) atoms. The first kappa shape index (κ1) is 20.3. The van der Waals surface area contributed by atoms with Crippen LogP contribution in [-0.4, -0.2) is 67.7 Å². The standard InChI is InChI=1S/C20H30N2O4S/c1-20(2)15-26-18(13-16-7-5-4-6-8-16)14-22(20)19(23)17-9-11-21(12-10-17)27(3,24)25/h4-8,17-18H,9-15H2,1-3H3. The fraction of sp³-hybridized carbons (Fsp3) is 0.650. The molecule has 1 amide bonds. The van der Waals surface area contributed by atoms with E-state index >= 15 is 0 Å². The molecule has 0 spiro atoms. The van der Waals surface area contributed by atoms with E-state index in [2.05, 4.69) is 12.1 Å². The van der Waals surface area contributed by atoms with Crippen LogP contribution in [0.4, 0.5) is 0 Å². The zero-order chi connectivity index (χ0) is 19.7. The predicted octanol–water partition coefficient (Wildman–Crippen LogP) is 1.91. The number of sulfonamides is 1. The van der Waals surface area contributed by atoms with Gasteiger partial charge in [-0.25, -0.2) is 12.7 Å². The first-order chi connectivity index (χ1) is 12.7. The highest BCUT2D eigenvalue weighted by atomic mass is 32.2.